The normalized spacial score (nSPS) is 13.7. The minimum Gasteiger partial charge on any atom is -0.397 e. The van der Waals surface area contributed by atoms with Crippen molar-refractivity contribution in [2.45, 2.75) is 4.90 Å². The average molecular weight is 382 g/mol. The van der Waals surface area contributed by atoms with Gasteiger partial charge in [0.25, 0.3) is 10.1 Å². The molecular formula is C14H8BrNO5S. The Kier molecular flexibility index (Phi) is 3.20. The van der Waals surface area contributed by atoms with Gasteiger partial charge in [0.1, 0.15) is 4.90 Å². The molecule has 0 amide bonds. The van der Waals surface area contributed by atoms with E-state index in [1.54, 1.807) is 12.1 Å². The Bertz CT molecular complexity index is 965. The van der Waals surface area contributed by atoms with Gasteiger partial charge in [-0.05, 0) is 22.0 Å². The molecule has 0 saturated carbocycles. The van der Waals surface area contributed by atoms with Crippen molar-refractivity contribution in [3.8, 4) is 0 Å². The van der Waals surface area contributed by atoms with Gasteiger partial charge in [-0.3, -0.25) is 14.1 Å². The zero-order valence-electron chi connectivity index (χ0n) is 10.8. The summed E-state index contributed by atoms with van der Waals surface area (Å²) >= 11 is 3.04. The van der Waals surface area contributed by atoms with E-state index in [9.17, 15) is 22.6 Å². The molecule has 22 heavy (non-hydrogen) atoms. The van der Waals surface area contributed by atoms with Crippen LogP contribution in [0, 0.1) is 0 Å². The number of anilines is 1. The summed E-state index contributed by atoms with van der Waals surface area (Å²) in [5.41, 5.74) is 5.39. The van der Waals surface area contributed by atoms with Crippen molar-refractivity contribution >= 4 is 43.3 Å². The fraction of sp³-hybridized carbons (Fsp3) is 0. The van der Waals surface area contributed by atoms with Gasteiger partial charge in [-0.25, -0.2) is 0 Å². The zero-order valence-corrected chi connectivity index (χ0v) is 13.2. The number of hydrogen-bond donors (Lipinski definition) is 2. The van der Waals surface area contributed by atoms with E-state index in [1.165, 1.54) is 12.1 Å². The van der Waals surface area contributed by atoms with Gasteiger partial charge in [0.05, 0.1) is 16.8 Å². The monoisotopic (exact) mass is 381 g/mol. The van der Waals surface area contributed by atoms with Crippen molar-refractivity contribution in [2.24, 2.45) is 0 Å². The Balaban J connectivity index is 2.50. The Labute approximate surface area is 133 Å². The van der Waals surface area contributed by atoms with Gasteiger partial charge in [0.2, 0.25) is 0 Å². The molecule has 0 fully saturated rings. The Hall–Kier alpha value is -2.03. The molecule has 8 heteroatoms. The minimum absolute atomic E-state index is 0.0461. The maximum atomic E-state index is 12.6. The van der Waals surface area contributed by atoms with Gasteiger partial charge < -0.3 is 5.73 Å². The first kappa shape index (κ1) is 14.9. The van der Waals surface area contributed by atoms with Gasteiger partial charge in [-0.1, -0.05) is 24.3 Å². The van der Waals surface area contributed by atoms with E-state index in [4.69, 9.17) is 5.73 Å². The highest BCUT2D eigenvalue weighted by atomic mass is 79.9. The van der Waals surface area contributed by atoms with Gasteiger partial charge >= 0.3 is 0 Å². The van der Waals surface area contributed by atoms with E-state index in [1.807, 2.05) is 0 Å². The summed E-state index contributed by atoms with van der Waals surface area (Å²) in [4.78, 5) is 24.5. The summed E-state index contributed by atoms with van der Waals surface area (Å²) in [5.74, 6) is -1.23. The zero-order chi connectivity index (χ0) is 16.2. The van der Waals surface area contributed by atoms with Crippen LogP contribution in [-0.2, 0) is 10.1 Å². The van der Waals surface area contributed by atoms with Crippen LogP contribution in [0.5, 0.6) is 0 Å². The maximum absolute atomic E-state index is 12.6. The van der Waals surface area contributed by atoms with Gasteiger partial charge in [0.15, 0.2) is 11.6 Å². The van der Waals surface area contributed by atoms with E-state index in [0.29, 0.717) is 0 Å². The molecule has 112 valence electrons. The number of carbonyl (C=O) groups excluding carboxylic acids is 2. The Morgan fingerprint density at radius 1 is 1.00 bits per heavy atom. The number of rotatable bonds is 1. The fourth-order valence-electron chi connectivity index (χ4n) is 2.46. The van der Waals surface area contributed by atoms with E-state index in [-0.39, 0.29) is 26.9 Å². The second kappa shape index (κ2) is 4.73. The van der Waals surface area contributed by atoms with Gasteiger partial charge in [0, 0.05) is 15.6 Å². The van der Waals surface area contributed by atoms with Crippen LogP contribution in [0.3, 0.4) is 0 Å². The molecule has 0 bridgehead atoms. The van der Waals surface area contributed by atoms with Crippen molar-refractivity contribution in [2.75, 3.05) is 5.73 Å². The van der Waals surface area contributed by atoms with Crippen LogP contribution >= 0.6 is 15.9 Å². The minimum atomic E-state index is -4.70. The predicted octanol–water partition coefficient (Wildman–Crippen LogP) is 2.05. The first-order chi connectivity index (χ1) is 10.2. The highest BCUT2D eigenvalue weighted by Gasteiger charge is 2.36. The van der Waals surface area contributed by atoms with Crippen LogP contribution in [-0.4, -0.2) is 24.5 Å². The molecule has 3 rings (SSSR count). The molecule has 0 atom stereocenters. The molecule has 0 aliphatic heterocycles. The lowest BCUT2D eigenvalue weighted by Gasteiger charge is -2.21. The van der Waals surface area contributed by atoms with Crippen LogP contribution in [0.2, 0.25) is 0 Å². The molecular weight excluding hydrogens is 374 g/mol. The fourth-order valence-corrected chi connectivity index (χ4v) is 3.75. The van der Waals surface area contributed by atoms with Crippen molar-refractivity contribution in [3.63, 3.8) is 0 Å². The van der Waals surface area contributed by atoms with Gasteiger partial charge in [-0.15, -0.1) is 0 Å². The summed E-state index contributed by atoms with van der Waals surface area (Å²) < 4.78 is 32.6. The number of benzene rings is 2. The number of ketones is 2. The molecule has 0 spiro atoms. The lowest BCUT2D eigenvalue weighted by molar-refractivity contribution is 0.0977. The molecule has 0 unspecified atom stereocenters. The number of halogens is 1. The van der Waals surface area contributed by atoms with Crippen LogP contribution in [0.25, 0.3) is 0 Å². The molecule has 3 N–H and O–H groups in total. The molecule has 2 aromatic carbocycles. The second-order valence-electron chi connectivity index (χ2n) is 4.70. The molecule has 2 aromatic rings. The average Bonchev–Trinajstić information content (AvgIpc) is 2.46. The summed E-state index contributed by atoms with van der Waals surface area (Å²) in [6.07, 6.45) is 0. The molecule has 1 aliphatic rings. The quantitative estimate of drug-likeness (QED) is 0.492. The van der Waals surface area contributed by atoms with E-state index >= 15 is 0 Å². The third-order valence-corrected chi connectivity index (χ3v) is 4.96. The van der Waals surface area contributed by atoms with Crippen molar-refractivity contribution < 1.29 is 22.6 Å². The number of nitrogens with two attached hydrogens (primary N) is 1. The molecule has 0 aromatic heterocycles. The molecule has 0 radical (unpaired) electrons. The standard InChI is InChI=1S/C14H8BrNO5S/c15-8-5-9(22(19,20)21)10-11(12(8)16)14(18)7-4-2-1-3-6(7)13(10)17/h1-5H,16H2,(H,19,20,21). The summed E-state index contributed by atoms with van der Waals surface area (Å²) in [6.45, 7) is 0. The van der Waals surface area contributed by atoms with Crippen molar-refractivity contribution in [1.82, 2.24) is 0 Å². The lowest BCUT2D eigenvalue weighted by Crippen LogP contribution is -2.25. The lowest BCUT2D eigenvalue weighted by atomic mass is 9.83. The number of fused-ring (bicyclic) bond motifs is 2. The number of hydrogen-bond acceptors (Lipinski definition) is 5. The Morgan fingerprint density at radius 3 is 2.00 bits per heavy atom. The number of carbonyl (C=O) groups is 2. The molecule has 6 nitrogen and oxygen atoms in total. The van der Waals surface area contributed by atoms with Gasteiger partial charge in [-0.2, -0.15) is 8.42 Å². The SMILES string of the molecule is Nc1c(Br)cc(S(=O)(=O)O)c2c1C(=O)c1ccccc1C2=O. The first-order valence-electron chi connectivity index (χ1n) is 6.01. The molecule has 0 heterocycles. The summed E-state index contributed by atoms with van der Waals surface area (Å²) in [7, 11) is -4.70. The van der Waals surface area contributed by atoms with E-state index < -0.39 is 32.1 Å². The largest absolute Gasteiger partial charge is 0.397 e. The highest BCUT2D eigenvalue weighted by molar-refractivity contribution is 9.10. The van der Waals surface area contributed by atoms with Crippen LogP contribution in [0.15, 0.2) is 39.7 Å². The first-order valence-corrected chi connectivity index (χ1v) is 8.24. The number of nitrogen functional groups attached to an aromatic ring is 1. The van der Waals surface area contributed by atoms with E-state index in [2.05, 4.69) is 15.9 Å². The van der Waals surface area contributed by atoms with Crippen molar-refractivity contribution in [3.05, 3.63) is 57.1 Å². The second-order valence-corrected chi connectivity index (χ2v) is 6.94. The maximum Gasteiger partial charge on any atom is 0.295 e. The van der Waals surface area contributed by atoms with Crippen molar-refractivity contribution in [1.29, 1.82) is 0 Å². The molecule has 0 saturated heterocycles. The smallest absolute Gasteiger partial charge is 0.295 e. The van der Waals surface area contributed by atoms with Crippen LogP contribution < -0.4 is 5.73 Å². The predicted molar refractivity (Wildman–Crippen MR) is 81.7 cm³/mol. The van der Waals surface area contributed by atoms with E-state index in [0.717, 1.165) is 6.07 Å². The highest BCUT2D eigenvalue weighted by Crippen LogP contribution is 2.38. The van der Waals surface area contributed by atoms with Crippen LogP contribution in [0.1, 0.15) is 31.8 Å². The molecule has 1 aliphatic carbocycles. The third-order valence-electron chi connectivity index (χ3n) is 3.43. The topological polar surface area (TPSA) is 115 Å². The Morgan fingerprint density at radius 2 is 1.50 bits per heavy atom. The summed E-state index contributed by atoms with van der Waals surface area (Å²) in [5, 5.41) is 0. The summed E-state index contributed by atoms with van der Waals surface area (Å²) in [6, 6.07) is 7.05. The van der Waals surface area contributed by atoms with Crippen LogP contribution in [0.4, 0.5) is 5.69 Å². The third kappa shape index (κ3) is 1.99.